The van der Waals surface area contributed by atoms with Crippen LogP contribution in [-0.2, 0) is 4.84 Å². The lowest BCUT2D eigenvalue weighted by Crippen LogP contribution is -2.34. The Morgan fingerprint density at radius 1 is 0.923 bits per heavy atom. The molecule has 3 unspecified atom stereocenters. The normalized spacial score (nSPS) is 23.4. The molecule has 1 N–H and O–H groups in total. The third kappa shape index (κ3) is 8.86. The number of hydrogen-bond acceptors (Lipinski definition) is 8. The average Bonchev–Trinajstić information content (AvgIpc) is 3.20. The lowest BCUT2D eigenvalue weighted by Gasteiger charge is -2.23. The van der Waals surface area contributed by atoms with Gasteiger partial charge < -0.3 is 34.2 Å². The van der Waals surface area contributed by atoms with E-state index in [1.807, 2.05) is 30.3 Å². The second-order valence-corrected chi connectivity index (χ2v) is 10.0. The zero-order chi connectivity index (χ0) is 27.3. The fourth-order valence-corrected chi connectivity index (χ4v) is 5.03. The molecule has 4 rings (SSSR count). The quantitative estimate of drug-likeness (QED) is 0.458. The van der Waals surface area contributed by atoms with Crippen molar-refractivity contribution in [3.05, 3.63) is 53.6 Å². The van der Waals surface area contributed by atoms with Crippen molar-refractivity contribution in [2.45, 2.75) is 38.2 Å². The predicted octanol–water partition coefficient (Wildman–Crippen LogP) is 3.81. The Kier molecular flexibility index (Phi) is 11.3. The zero-order valence-electron chi connectivity index (χ0n) is 23.3. The van der Waals surface area contributed by atoms with Crippen molar-refractivity contribution in [1.29, 1.82) is 0 Å². The van der Waals surface area contributed by atoms with Crippen molar-refractivity contribution in [3.8, 4) is 17.2 Å². The van der Waals surface area contributed by atoms with E-state index in [-0.39, 0.29) is 12.0 Å². The maximum Gasteiger partial charge on any atom is 0.251 e. The number of carbonyl (C=O) groups excluding carboxylic acids is 1. The van der Waals surface area contributed by atoms with Crippen LogP contribution >= 0.6 is 0 Å². The number of nitrogens with zero attached hydrogens (tertiary/aromatic N) is 3. The molecule has 2 heterocycles. The van der Waals surface area contributed by atoms with Gasteiger partial charge in [-0.3, -0.25) is 4.79 Å². The summed E-state index contributed by atoms with van der Waals surface area (Å²) in [6, 6.07) is 13.4. The fourth-order valence-electron chi connectivity index (χ4n) is 5.03. The van der Waals surface area contributed by atoms with Crippen molar-refractivity contribution in [2.75, 3.05) is 66.6 Å². The van der Waals surface area contributed by atoms with E-state index in [2.05, 4.69) is 20.3 Å². The largest absolute Gasteiger partial charge is 0.493 e. The molecule has 1 amide bonds. The van der Waals surface area contributed by atoms with E-state index >= 15 is 0 Å². The Morgan fingerprint density at radius 3 is 2.46 bits per heavy atom. The maximum absolute atomic E-state index is 12.9. The number of hydrogen-bond donors (Lipinski definition) is 1. The molecule has 0 aliphatic carbocycles. The number of rotatable bonds is 5. The number of nitrogens with one attached hydrogen (secondary N) is 1. The Morgan fingerprint density at radius 2 is 1.69 bits per heavy atom. The van der Waals surface area contributed by atoms with Crippen molar-refractivity contribution in [1.82, 2.24) is 15.1 Å². The van der Waals surface area contributed by atoms with Gasteiger partial charge in [0.2, 0.25) is 5.75 Å². The molecule has 9 heteroatoms. The van der Waals surface area contributed by atoms with Gasteiger partial charge in [-0.25, -0.2) is 0 Å². The first-order valence-electron chi connectivity index (χ1n) is 14.0. The van der Waals surface area contributed by atoms with E-state index in [1.54, 1.807) is 32.6 Å². The van der Waals surface area contributed by atoms with Gasteiger partial charge in [-0.2, -0.15) is 0 Å². The standard InChI is InChI=1S/C30H42N4O5/c1-36-27-21-25-22-28(29(27)37-2)38-20-6-11-26(39-32-23-24-9-4-3-5-10-24)12-17-34-16-8-15-33(18-19-34)14-7-13-31-30(25)35/h3-5,9-10,21-23,26H,6-8,11-20H2,1-2H3,(H,31,35)/b32-23+. The maximum atomic E-state index is 12.9. The van der Waals surface area contributed by atoms with Gasteiger partial charge in [0.05, 0.1) is 27.0 Å². The van der Waals surface area contributed by atoms with Crippen LogP contribution in [0.2, 0.25) is 0 Å². The summed E-state index contributed by atoms with van der Waals surface area (Å²) in [6.45, 7) is 7.27. The highest BCUT2D eigenvalue weighted by atomic mass is 16.6. The Labute approximate surface area is 232 Å². The lowest BCUT2D eigenvalue weighted by molar-refractivity contribution is 0.0363. The summed E-state index contributed by atoms with van der Waals surface area (Å²) < 4.78 is 17.2. The minimum absolute atomic E-state index is 0.0245. The van der Waals surface area contributed by atoms with Gasteiger partial charge in [0.25, 0.3) is 5.91 Å². The zero-order valence-corrected chi connectivity index (χ0v) is 23.3. The van der Waals surface area contributed by atoms with Gasteiger partial charge in [0.15, 0.2) is 11.5 Å². The van der Waals surface area contributed by atoms with Crippen LogP contribution in [0.1, 0.15) is 48.0 Å². The van der Waals surface area contributed by atoms with E-state index in [1.165, 1.54) is 0 Å². The van der Waals surface area contributed by atoms with Gasteiger partial charge in [0, 0.05) is 31.7 Å². The molecule has 0 aromatic heterocycles. The highest BCUT2D eigenvalue weighted by Gasteiger charge is 2.20. The summed E-state index contributed by atoms with van der Waals surface area (Å²) in [4.78, 5) is 24.0. The van der Waals surface area contributed by atoms with Crippen LogP contribution in [0.25, 0.3) is 0 Å². The minimum Gasteiger partial charge on any atom is -0.493 e. The van der Waals surface area contributed by atoms with Crippen LogP contribution in [0.5, 0.6) is 17.2 Å². The van der Waals surface area contributed by atoms with Crippen molar-refractivity contribution < 1.29 is 23.8 Å². The second kappa shape index (κ2) is 15.3. The molecule has 212 valence electrons. The SMILES string of the molecule is COc1cc2cc(c1OC)OCCCC(O/N=C/c1ccccc1)CCN1CCCN(CCCNC2=O)CC1. The number of oxime groups is 1. The van der Waals surface area contributed by atoms with Crippen LogP contribution in [0.15, 0.2) is 47.6 Å². The highest BCUT2D eigenvalue weighted by Crippen LogP contribution is 2.38. The number of fused-ring (bicyclic) bond motifs is 5. The third-order valence-corrected chi connectivity index (χ3v) is 7.23. The van der Waals surface area contributed by atoms with Crippen LogP contribution in [0.3, 0.4) is 0 Å². The molecule has 2 aliphatic heterocycles. The summed E-state index contributed by atoms with van der Waals surface area (Å²) in [5.74, 6) is 1.29. The van der Waals surface area contributed by atoms with Crippen LogP contribution in [-0.4, -0.2) is 94.7 Å². The molecule has 3 atom stereocenters. The fraction of sp³-hybridized carbons (Fsp3) is 0.533. The molecular weight excluding hydrogens is 496 g/mol. The van der Waals surface area contributed by atoms with Crippen molar-refractivity contribution in [2.24, 2.45) is 5.16 Å². The van der Waals surface area contributed by atoms with E-state index < -0.39 is 0 Å². The van der Waals surface area contributed by atoms with Crippen LogP contribution < -0.4 is 19.5 Å². The van der Waals surface area contributed by atoms with E-state index in [4.69, 9.17) is 19.0 Å². The molecule has 1 saturated heterocycles. The molecular formula is C30H42N4O5. The molecule has 9 nitrogen and oxygen atoms in total. The Hall–Kier alpha value is -3.30. The van der Waals surface area contributed by atoms with E-state index in [0.29, 0.717) is 36.0 Å². The first-order chi connectivity index (χ1) is 19.2. The molecule has 0 saturated carbocycles. The molecule has 0 spiro atoms. The number of methoxy groups -OCH3 is 2. The molecule has 2 aromatic rings. The topological polar surface area (TPSA) is 84.9 Å². The first-order valence-corrected chi connectivity index (χ1v) is 14.0. The summed E-state index contributed by atoms with van der Waals surface area (Å²) >= 11 is 0. The monoisotopic (exact) mass is 538 g/mol. The average molecular weight is 539 g/mol. The smallest absolute Gasteiger partial charge is 0.251 e. The van der Waals surface area contributed by atoms with Crippen molar-refractivity contribution >= 4 is 12.1 Å². The Bertz CT molecular complexity index is 1060. The minimum atomic E-state index is -0.148. The Balaban J connectivity index is 1.48. The summed E-state index contributed by atoms with van der Waals surface area (Å²) in [5.41, 5.74) is 1.50. The van der Waals surface area contributed by atoms with Crippen LogP contribution in [0.4, 0.5) is 0 Å². The molecule has 1 fully saturated rings. The number of benzene rings is 2. The lowest BCUT2D eigenvalue weighted by atomic mass is 10.1. The first kappa shape index (κ1) is 28.7. The molecule has 39 heavy (non-hydrogen) atoms. The van der Waals surface area contributed by atoms with Gasteiger partial charge in [-0.15, -0.1) is 0 Å². The predicted molar refractivity (Wildman–Crippen MR) is 152 cm³/mol. The number of amides is 1. The van der Waals surface area contributed by atoms with Gasteiger partial charge in [-0.05, 0) is 69.4 Å². The van der Waals surface area contributed by atoms with Gasteiger partial charge in [0.1, 0.15) is 6.10 Å². The number of carbonyl (C=O) groups is 1. The third-order valence-electron chi connectivity index (χ3n) is 7.23. The molecule has 2 aromatic carbocycles. The number of ether oxygens (including phenoxy) is 3. The van der Waals surface area contributed by atoms with Crippen molar-refractivity contribution in [3.63, 3.8) is 0 Å². The highest BCUT2D eigenvalue weighted by molar-refractivity contribution is 5.95. The molecule has 2 aliphatic rings. The van der Waals surface area contributed by atoms with Gasteiger partial charge >= 0.3 is 0 Å². The van der Waals surface area contributed by atoms with E-state index in [9.17, 15) is 4.79 Å². The summed E-state index contributed by atoms with van der Waals surface area (Å²) in [6.07, 6.45) is 6.25. The summed E-state index contributed by atoms with van der Waals surface area (Å²) in [7, 11) is 3.13. The summed E-state index contributed by atoms with van der Waals surface area (Å²) in [5, 5.41) is 7.36. The second-order valence-electron chi connectivity index (χ2n) is 10.0. The van der Waals surface area contributed by atoms with E-state index in [0.717, 1.165) is 76.9 Å². The van der Waals surface area contributed by atoms with Gasteiger partial charge in [-0.1, -0.05) is 35.5 Å². The molecule has 0 radical (unpaired) electrons. The molecule has 4 bridgehead atoms. The van der Waals surface area contributed by atoms with Crippen LogP contribution in [0, 0.1) is 0 Å².